The van der Waals surface area contributed by atoms with Crippen molar-refractivity contribution in [3.05, 3.63) is 23.9 Å². The first-order valence-corrected chi connectivity index (χ1v) is 7.05. The summed E-state index contributed by atoms with van der Waals surface area (Å²) in [7, 11) is 1.72. The summed E-state index contributed by atoms with van der Waals surface area (Å²) < 4.78 is 5.20. The van der Waals surface area contributed by atoms with Crippen LogP contribution in [0.3, 0.4) is 0 Å². The summed E-state index contributed by atoms with van der Waals surface area (Å²) in [6, 6.07) is 4.29. The van der Waals surface area contributed by atoms with Crippen molar-refractivity contribution >= 4 is 23.0 Å². The fourth-order valence-electron chi connectivity index (χ4n) is 2.28. The summed E-state index contributed by atoms with van der Waals surface area (Å²) >= 11 is 5.03. The Hall–Kier alpha value is -1.20. The fourth-order valence-corrected chi connectivity index (χ4v) is 2.41. The van der Waals surface area contributed by atoms with Gasteiger partial charge in [0.05, 0.1) is 6.61 Å². The molecule has 5 heteroatoms. The van der Waals surface area contributed by atoms with E-state index in [0.717, 1.165) is 23.8 Å². The normalized spacial score (nSPS) is 16.1. The van der Waals surface area contributed by atoms with Gasteiger partial charge in [-0.25, -0.2) is 4.98 Å². The van der Waals surface area contributed by atoms with Gasteiger partial charge in [0.1, 0.15) is 10.8 Å². The molecule has 19 heavy (non-hydrogen) atoms. The molecule has 1 aromatic rings. The van der Waals surface area contributed by atoms with Gasteiger partial charge in [-0.3, -0.25) is 0 Å². The molecule has 1 aliphatic carbocycles. The maximum atomic E-state index is 5.69. The molecule has 0 bridgehead atoms. The Morgan fingerprint density at radius 2 is 2.37 bits per heavy atom. The van der Waals surface area contributed by atoms with Crippen LogP contribution in [-0.4, -0.2) is 36.3 Å². The summed E-state index contributed by atoms with van der Waals surface area (Å²) in [4.78, 5) is 7.17. The van der Waals surface area contributed by atoms with Gasteiger partial charge < -0.3 is 15.4 Å². The molecule has 1 heterocycles. The van der Waals surface area contributed by atoms with Crippen LogP contribution >= 0.6 is 12.2 Å². The molecule has 0 radical (unpaired) electrons. The molecule has 1 aliphatic rings. The first kappa shape index (κ1) is 14.2. The van der Waals surface area contributed by atoms with Crippen LogP contribution in [0.1, 0.15) is 25.3 Å². The molecule has 2 N–H and O–H groups in total. The number of nitrogens with zero attached hydrogens (tertiary/aromatic N) is 2. The van der Waals surface area contributed by atoms with Crippen LogP contribution in [-0.2, 0) is 4.74 Å². The van der Waals surface area contributed by atoms with E-state index in [1.165, 1.54) is 12.8 Å². The Bertz CT molecular complexity index is 448. The van der Waals surface area contributed by atoms with Crippen LogP contribution in [0.25, 0.3) is 0 Å². The zero-order valence-corrected chi connectivity index (χ0v) is 12.3. The molecule has 1 atom stereocenters. The van der Waals surface area contributed by atoms with Crippen LogP contribution in [0.4, 0.5) is 5.82 Å². The maximum Gasteiger partial charge on any atom is 0.129 e. The number of rotatable bonds is 7. The predicted molar refractivity (Wildman–Crippen MR) is 81.5 cm³/mol. The van der Waals surface area contributed by atoms with Crippen LogP contribution in [0.2, 0.25) is 0 Å². The molecule has 2 rings (SSSR count). The molecule has 104 valence electrons. The average Bonchev–Trinajstić information content (AvgIpc) is 3.23. The van der Waals surface area contributed by atoms with E-state index < -0.39 is 0 Å². The first-order valence-electron chi connectivity index (χ1n) is 6.65. The summed E-state index contributed by atoms with van der Waals surface area (Å²) in [6.45, 7) is 3.78. The van der Waals surface area contributed by atoms with Gasteiger partial charge in [0, 0.05) is 31.5 Å². The topological polar surface area (TPSA) is 51.4 Å². The SMILES string of the molecule is COCCN(c1cc(C(N)=S)ccn1)C(C)C1CC1. The van der Waals surface area contributed by atoms with E-state index in [9.17, 15) is 0 Å². The lowest BCUT2D eigenvalue weighted by molar-refractivity contribution is 0.202. The minimum atomic E-state index is 0.411. The van der Waals surface area contributed by atoms with Gasteiger partial charge in [-0.2, -0.15) is 0 Å². The zero-order chi connectivity index (χ0) is 13.8. The number of methoxy groups -OCH3 is 1. The zero-order valence-electron chi connectivity index (χ0n) is 11.5. The Morgan fingerprint density at radius 3 is 2.95 bits per heavy atom. The highest BCUT2D eigenvalue weighted by molar-refractivity contribution is 7.80. The van der Waals surface area contributed by atoms with E-state index >= 15 is 0 Å². The highest BCUT2D eigenvalue weighted by Crippen LogP contribution is 2.36. The summed E-state index contributed by atoms with van der Waals surface area (Å²) in [5.41, 5.74) is 6.56. The molecular weight excluding hydrogens is 258 g/mol. The molecule has 4 nitrogen and oxygen atoms in total. The van der Waals surface area contributed by atoms with E-state index in [-0.39, 0.29) is 0 Å². The largest absolute Gasteiger partial charge is 0.389 e. The number of anilines is 1. The van der Waals surface area contributed by atoms with Gasteiger partial charge in [0.15, 0.2) is 0 Å². The Balaban J connectivity index is 2.20. The molecule has 1 saturated carbocycles. The minimum Gasteiger partial charge on any atom is -0.389 e. The summed E-state index contributed by atoms with van der Waals surface area (Å²) in [5, 5.41) is 0. The smallest absolute Gasteiger partial charge is 0.129 e. The quantitative estimate of drug-likeness (QED) is 0.773. The monoisotopic (exact) mass is 279 g/mol. The standard InChI is InChI=1S/C14H21N3OS/c1-10(11-3-4-11)17(7-8-18-2)13-9-12(14(15)19)5-6-16-13/h5-6,9-11H,3-4,7-8H2,1-2H3,(H2,15,19). The molecular formula is C14H21N3OS. The molecule has 0 aliphatic heterocycles. The van der Waals surface area contributed by atoms with Crippen molar-refractivity contribution in [3.63, 3.8) is 0 Å². The number of pyridine rings is 1. The highest BCUT2D eigenvalue weighted by Gasteiger charge is 2.32. The third-order valence-corrected chi connectivity index (χ3v) is 3.89. The lowest BCUT2D eigenvalue weighted by atomic mass is 10.1. The van der Waals surface area contributed by atoms with E-state index in [1.54, 1.807) is 13.3 Å². The van der Waals surface area contributed by atoms with Gasteiger partial charge in [-0.15, -0.1) is 0 Å². The number of thiocarbonyl (C=S) groups is 1. The number of ether oxygens (including phenoxy) is 1. The van der Waals surface area contributed by atoms with Gasteiger partial charge >= 0.3 is 0 Å². The van der Waals surface area contributed by atoms with Crippen molar-refractivity contribution in [1.82, 2.24) is 4.98 Å². The molecule has 1 unspecified atom stereocenters. The second-order valence-corrected chi connectivity index (χ2v) is 5.47. The third-order valence-electron chi connectivity index (χ3n) is 3.66. The van der Waals surface area contributed by atoms with Gasteiger partial charge in [-0.1, -0.05) is 12.2 Å². The average molecular weight is 279 g/mol. The third kappa shape index (κ3) is 3.64. The highest BCUT2D eigenvalue weighted by atomic mass is 32.1. The summed E-state index contributed by atoms with van der Waals surface area (Å²) in [5.74, 6) is 1.70. The van der Waals surface area contributed by atoms with E-state index in [2.05, 4.69) is 16.8 Å². The van der Waals surface area contributed by atoms with Crippen molar-refractivity contribution in [3.8, 4) is 0 Å². The maximum absolute atomic E-state index is 5.69. The van der Waals surface area contributed by atoms with E-state index in [4.69, 9.17) is 22.7 Å². The van der Waals surface area contributed by atoms with Crippen molar-refractivity contribution < 1.29 is 4.74 Å². The second kappa shape index (κ2) is 6.30. The van der Waals surface area contributed by atoms with Gasteiger partial charge in [0.25, 0.3) is 0 Å². The molecule has 1 fully saturated rings. The molecule has 1 aromatic heterocycles. The lowest BCUT2D eigenvalue weighted by Crippen LogP contribution is -2.38. The number of aromatic nitrogens is 1. The molecule has 0 spiro atoms. The van der Waals surface area contributed by atoms with Crippen LogP contribution < -0.4 is 10.6 Å². The predicted octanol–water partition coefficient (Wildman–Crippen LogP) is 1.97. The Kier molecular flexibility index (Phi) is 4.71. The summed E-state index contributed by atoms with van der Waals surface area (Å²) in [6.07, 6.45) is 4.38. The van der Waals surface area contributed by atoms with Crippen LogP contribution in [0.5, 0.6) is 0 Å². The first-order chi connectivity index (χ1) is 9.13. The minimum absolute atomic E-state index is 0.411. The lowest BCUT2D eigenvalue weighted by Gasteiger charge is -2.30. The van der Waals surface area contributed by atoms with Crippen molar-refractivity contribution in [2.75, 3.05) is 25.2 Å². The molecule has 0 saturated heterocycles. The van der Waals surface area contributed by atoms with Crippen LogP contribution in [0, 0.1) is 5.92 Å². The number of hydrogen-bond acceptors (Lipinski definition) is 4. The van der Waals surface area contributed by atoms with Gasteiger partial charge in [0.2, 0.25) is 0 Å². The van der Waals surface area contributed by atoms with Crippen molar-refractivity contribution in [2.24, 2.45) is 11.7 Å². The Morgan fingerprint density at radius 1 is 1.63 bits per heavy atom. The van der Waals surface area contributed by atoms with Gasteiger partial charge in [-0.05, 0) is 37.8 Å². The fraction of sp³-hybridized carbons (Fsp3) is 0.571. The molecule has 0 amide bonds. The number of hydrogen-bond donors (Lipinski definition) is 1. The van der Waals surface area contributed by atoms with Crippen molar-refractivity contribution in [1.29, 1.82) is 0 Å². The van der Waals surface area contributed by atoms with Crippen LogP contribution in [0.15, 0.2) is 18.3 Å². The molecule has 0 aromatic carbocycles. The van der Waals surface area contributed by atoms with Crippen molar-refractivity contribution in [2.45, 2.75) is 25.8 Å². The second-order valence-electron chi connectivity index (χ2n) is 5.03. The number of nitrogens with two attached hydrogens (primary N) is 1. The van der Waals surface area contributed by atoms with E-state index in [0.29, 0.717) is 17.6 Å². The Labute approximate surface area is 120 Å². The van der Waals surface area contributed by atoms with E-state index in [1.807, 2.05) is 12.1 Å².